The lowest BCUT2D eigenvalue weighted by atomic mass is 9.85. The Morgan fingerprint density at radius 3 is 2.11 bits per heavy atom. The molecule has 0 fully saturated rings. The minimum absolute atomic E-state index is 0.0855. The van der Waals surface area contributed by atoms with Crippen molar-refractivity contribution in [2.45, 2.75) is 26.7 Å². The molecule has 0 spiro atoms. The molecule has 0 amide bonds. The maximum absolute atomic E-state index is 13.3. The third-order valence-electron chi connectivity index (χ3n) is 5.27. The van der Waals surface area contributed by atoms with Crippen LogP contribution in [-0.4, -0.2) is 5.78 Å². The molecule has 27 heavy (non-hydrogen) atoms. The van der Waals surface area contributed by atoms with E-state index in [0.717, 1.165) is 22.1 Å². The quantitative estimate of drug-likeness (QED) is 0.480. The van der Waals surface area contributed by atoms with Crippen molar-refractivity contribution in [2.75, 3.05) is 0 Å². The number of ketones is 1. The first-order valence-corrected chi connectivity index (χ1v) is 9.46. The Morgan fingerprint density at radius 2 is 1.48 bits per heavy atom. The fraction of sp³-hybridized carbons (Fsp3) is 0.192. The Balaban J connectivity index is 1.88. The normalized spacial score (nSPS) is 16.6. The maximum Gasteiger partial charge on any atom is 0.193 e. The van der Waals surface area contributed by atoms with Gasteiger partial charge in [0.2, 0.25) is 0 Å². The molecular formula is C26H24O. The summed E-state index contributed by atoms with van der Waals surface area (Å²) in [4.78, 5) is 13.3. The van der Waals surface area contributed by atoms with Gasteiger partial charge in [-0.1, -0.05) is 93.6 Å². The Hall–Kier alpha value is -2.93. The molecule has 1 heteroatoms. The Bertz CT molecular complexity index is 1060. The highest BCUT2D eigenvalue weighted by atomic mass is 16.1. The molecule has 0 aliphatic heterocycles. The first-order valence-electron chi connectivity index (χ1n) is 9.46. The Labute approximate surface area is 161 Å². The zero-order valence-electron chi connectivity index (χ0n) is 16.1. The summed E-state index contributed by atoms with van der Waals surface area (Å²) in [6, 6.07) is 22.0. The van der Waals surface area contributed by atoms with Gasteiger partial charge < -0.3 is 0 Å². The van der Waals surface area contributed by atoms with Gasteiger partial charge in [-0.25, -0.2) is 0 Å². The van der Waals surface area contributed by atoms with E-state index in [-0.39, 0.29) is 17.1 Å². The predicted molar refractivity (Wildman–Crippen MR) is 113 cm³/mol. The van der Waals surface area contributed by atoms with Crippen LogP contribution in [0.2, 0.25) is 0 Å². The molecule has 4 rings (SSSR count). The van der Waals surface area contributed by atoms with Crippen LogP contribution >= 0.6 is 0 Å². The molecule has 0 saturated heterocycles. The molecule has 1 aliphatic carbocycles. The van der Waals surface area contributed by atoms with Crippen molar-refractivity contribution in [1.82, 2.24) is 0 Å². The third kappa shape index (κ3) is 3.38. The first-order chi connectivity index (χ1) is 12.9. The maximum atomic E-state index is 13.3. The van der Waals surface area contributed by atoms with Crippen LogP contribution in [-0.2, 0) is 0 Å². The number of allylic oxidation sites excluding steroid dienone is 4. The fourth-order valence-corrected chi connectivity index (χ4v) is 3.68. The van der Waals surface area contributed by atoms with E-state index in [1.54, 1.807) is 0 Å². The second-order valence-corrected chi connectivity index (χ2v) is 8.24. The summed E-state index contributed by atoms with van der Waals surface area (Å²) >= 11 is 0. The zero-order chi connectivity index (χ0) is 19.0. The molecular weight excluding hydrogens is 328 g/mol. The molecule has 0 heterocycles. The Kier molecular flexibility index (Phi) is 4.31. The molecule has 1 aliphatic rings. The van der Waals surface area contributed by atoms with E-state index >= 15 is 0 Å². The van der Waals surface area contributed by atoms with Gasteiger partial charge in [-0.15, -0.1) is 0 Å². The highest BCUT2D eigenvalue weighted by Crippen LogP contribution is 2.38. The molecule has 1 nitrogen and oxygen atoms in total. The van der Waals surface area contributed by atoms with Crippen molar-refractivity contribution in [1.29, 1.82) is 0 Å². The van der Waals surface area contributed by atoms with E-state index < -0.39 is 0 Å². The lowest BCUT2D eigenvalue weighted by Crippen LogP contribution is -2.08. The number of benzene rings is 3. The van der Waals surface area contributed by atoms with Crippen molar-refractivity contribution in [3.05, 3.63) is 107 Å². The van der Waals surface area contributed by atoms with Crippen molar-refractivity contribution in [3.8, 4) is 0 Å². The van der Waals surface area contributed by atoms with E-state index in [9.17, 15) is 4.79 Å². The van der Waals surface area contributed by atoms with Crippen molar-refractivity contribution in [3.63, 3.8) is 0 Å². The monoisotopic (exact) mass is 352 g/mol. The van der Waals surface area contributed by atoms with Crippen LogP contribution in [0.25, 0.3) is 10.8 Å². The van der Waals surface area contributed by atoms with Crippen LogP contribution in [0.1, 0.15) is 48.2 Å². The molecule has 3 aromatic rings. The summed E-state index contributed by atoms with van der Waals surface area (Å²) in [5.41, 5.74) is 4.03. The van der Waals surface area contributed by atoms with Gasteiger partial charge in [-0.2, -0.15) is 0 Å². The van der Waals surface area contributed by atoms with Gasteiger partial charge in [-0.05, 0) is 39.5 Å². The first kappa shape index (κ1) is 17.5. The summed E-state index contributed by atoms with van der Waals surface area (Å²) in [7, 11) is 0. The van der Waals surface area contributed by atoms with Gasteiger partial charge in [0.15, 0.2) is 5.78 Å². The number of hydrogen-bond acceptors (Lipinski definition) is 1. The fourth-order valence-electron chi connectivity index (χ4n) is 3.68. The summed E-state index contributed by atoms with van der Waals surface area (Å²) in [5.74, 6) is 0.217. The van der Waals surface area contributed by atoms with Crippen LogP contribution in [0.15, 0.2) is 90.5 Å². The molecule has 0 aromatic heterocycles. The lowest BCUT2D eigenvalue weighted by molar-refractivity contribution is 0.103. The zero-order valence-corrected chi connectivity index (χ0v) is 16.1. The average molecular weight is 352 g/mol. The van der Waals surface area contributed by atoms with Crippen LogP contribution in [0, 0.1) is 5.41 Å². The molecule has 0 bridgehead atoms. The van der Waals surface area contributed by atoms with E-state index in [1.807, 2.05) is 42.5 Å². The van der Waals surface area contributed by atoms with Crippen molar-refractivity contribution < 1.29 is 4.79 Å². The molecule has 0 saturated carbocycles. The van der Waals surface area contributed by atoms with Gasteiger partial charge in [-0.3, -0.25) is 4.79 Å². The number of hydrogen-bond donors (Lipinski definition) is 0. The minimum atomic E-state index is 0.0855. The molecule has 134 valence electrons. The molecule has 0 radical (unpaired) electrons. The van der Waals surface area contributed by atoms with Gasteiger partial charge in [0.25, 0.3) is 0 Å². The van der Waals surface area contributed by atoms with E-state index in [4.69, 9.17) is 0 Å². The van der Waals surface area contributed by atoms with Crippen molar-refractivity contribution in [2.24, 2.45) is 5.41 Å². The van der Waals surface area contributed by atoms with E-state index in [0.29, 0.717) is 0 Å². The molecule has 1 unspecified atom stereocenters. The second kappa shape index (κ2) is 6.66. The van der Waals surface area contributed by atoms with Gasteiger partial charge in [0.05, 0.1) is 0 Å². The van der Waals surface area contributed by atoms with Crippen LogP contribution in [0.5, 0.6) is 0 Å². The molecule has 3 aromatic carbocycles. The summed E-state index contributed by atoms with van der Waals surface area (Å²) < 4.78 is 0. The van der Waals surface area contributed by atoms with Crippen LogP contribution < -0.4 is 0 Å². The van der Waals surface area contributed by atoms with Gasteiger partial charge in [0.1, 0.15) is 0 Å². The predicted octanol–water partition coefficient (Wildman–Crippen LogP) is 6.70. The van der Waals surface area contributed by atoms with E-state index in [2.05, 4.69) is 63.3 Å². The number of rotatable bonds is 3. The highest BCUT2D eigenvalue weighted by molar-refractivity contribution is 6.12. The number of fused-ring (bicyclic) bond motifs is 1. The summed E-state index contributed by atoms with van der Waals surface area (Å²) in [6.45, 7) is 6.67. The lowest BCUT2D eigenvalue weighted by Gasteiger charge is -2.19. The summed E-state index contributed by atoms with van der Waals surface area (Å²) in [5, 5.41) is 2.27. The van der Waals surface area contributed by atoms with Crippen LogP contribution in [0.3, 0.4) is 0 Å². The van der Waals surface area contributed by atoms with E-state index in [1.165, 1.54) is 11.0 Å². The topological polar surface area (TPSA) is 17.1 Å². The Morgan fingerprint density at radius 1 is 0.852 bits per heavy atom. The van der Waals surface area contributed by atoms with Gasteiger partial charge in [0, 0.05) is 17.0 Å². The third-order valence-corrected chi connectivity index (χ3v) is 5.27. The van der Waals surface area contributed by atoms with Gasteiger partial charge >= 0.3 is 0 Å². The largest absolute Gasteiger partial charge is 0.289 e. The average Bonchev–Trinajstić information content (AvgIpc) is 3.18. The standard InChI is InChI=1S/C26H24O/c1-26(2,3)22-14-13-21(15-22)23-16-19-11-7-8-12-20(19)17-24(23)25(27)18-9-5-4-6-10-18/h4-17,21H,1-3H3. The molecule has 0 N–H and O–H groups in total. The summed E-state index contributed by atoms with van der Waals surface area (Å²) in [6.07, 6.45) is 6.72. The number of carbonyl (C=O) groups is 1. The minimum Gasteiger partial charge on any atom is -0.289 e. The second-order valence-electron chi connectivity index (χ2n) is 8.24. The highest BCUT2D eigenvalue weighted by Gasteiger charge is 2.24. The van der Waals surface area contributed by atoms with Crippen LogP contribution in [0.4, 0.5) is 0 Å². The smallest absolute Gasteiger partial charge is 0.193 e. The molecule has 1 atom stereocenters. The number of carbonyl (C=O) groups excluding carboxylic acids is 1. The van der Waals surface area contributed by atoms with Crippen molar-refractivity contribution >= 4 is 16.6 Å². The SMILES string of the molecule is CC(C)(C)C1=CC(c2cc3ccccc3cc2C(=O)c2ccccc2)C=C1.